The number of fused-ring (bicyclic) bond motifs is 1. The Morgan fingerprint density at radius 1 is 1.00 bits per heavy atom. The fraction of sp³-hybridized carbons (Fsp3) is 0.208. The summed E-state index contributed by atoms with van der Waals surface area (Å²) in [5.41, 5.74) is 5.36. The second-order valence-electron chi connectivity index (χ2n) is 7.15. The minimum absolute atomic E-state index is 0.0518. The van der Waals surface area contributed by atoms with Crippen LogP contribution in [0.25, 0.3) is 10.2 Å². The molecule has 4 nitrogen and oxygen atoms in total. The Balaban J connectivity index is 1.58. The Bertz CT molecular complexity index is 1100. The number of rotatable bonds is 7. The number of aryl methyl sites for hydroxylation is 2. The van der Waals surface area contributed by atoms with Crippen LogP contribution in [0.2, 0.25) is 0 Å². The van der Waals surface area contributed by atoms with Gasteiger partial charge in [0.05, 0.1) is 28.2 Å². The zero-order chi connectivity index (χ0) is 20.9. The van der Waals surface area contributed by atoms with Crippen LogP contribution < -0.4 is 4.90 Å². The van der Waals surface area contributed by atoms with E-state index in [0.717, 1.165) is 32.4 Å². The lowest BCUT2D eigenvalue weighted by Gasteiger charge is -2.19. The molecule has 0 bridgehead atoms. The van der Waals surface area contributed by atoms with E-state index < -0.39 is 0 Å². The number of pyridine rings is 1. The van der Waals surface area contributed by atoms with Crippen LogP contribution in [0.1, 0.15) is 22.4 Å². The number of nitrogens with zero attached hydrogens (tertiary/aromatic N) is 3. The normalized spacial score (nSPS) is 11.0. The van der Waals surface area contributed by atoms with Gasteiger partial charge in [0.25, 0.3) is 0 Å². The Labute approximate surface area is 185 Å². The Morgan fingerprint density at radius 3 is 2.50 bits per heavy atom. The standard InChI is InChI=1S/C24H23N3OS2/c1-17-11-12-18(2)23-22(17)26-24(30-23)27(14-20-10-6-7-13-25-20)21(28)16-29-15-19-8-4-3-5-9-19/h3-13H,14-16H2,1-2H3. The third-order valence-electron chi connectivity index (χ3n) is 4.85. The van der Waals surface area contributed by atoms with Gasteiger partial charge in [-0.1, -0.05) is 59.9 Å². The number of hydrogen-bond donors (Lipinski definition) is 0. The van der Waals surface area contributed by atoms with Gasteiger partial charge in [-0.05, 0) is 42.7 Å². The second-order valence-corrected chi connectivity index (χ2v) is 9.12. The predicted octanol–water partition coefficient (Wildman–Crippen LogP) is 5.77. The van der Waals surface area contributed by atoms with Gasteiger partial charge in [0.15, 0.2) is 5.13 Å². The quantitative estimate of drug-likeness (QED) is 0.371. The van der Waals surface area contributed by atoms with Gasteiger partial charge in [-0.15, -0.1) is 11.8 Å². The summed E-state index contributed by atoms with van der Waals surface area (Å²) in [6.45, 7) is 4.57. The van der Waals surface area contributed by atoms with E-state index in [-0.39, 0.29) is 5.91 Å². The van der Waals surface area contributed by atoms with E-state index in [0.29, 0.717) is 12.3 Å². The van der Waals surface area contributed by atoms with Crippen LogP contribution in [0.15, 0.2) is 66.9 Å². The number of carbonyl (C=O) groups is 1. The fourth-order valence-corrected chi connectivity index (χ4v) is 5.18. The summed E-state index contributed by atoms with van der Waals surface area (Å²) in [7, 11) is 0. The smallest absolute Gasteiger partial charge is 0.239 e. The van der Waals surface area contributed by atoms with Gasteiger partial charge < -0.3 is 0 Å². The summed E-state index contributed by atoms with van der Waals surface area (Å²) < 4.78 is 1.14. The van der Waals surface area contributed by atoms with Crippen molar-refractivity contribution in [1.82, 2.24) is 9.97 Å². The highest BCUT2D eigenvalue weighted by Crippen LogP contribution is 2.34. The van der Waals surface area contributed by atoms with Gasteiger partial charge in [-0.3, -0.25) is 14.7 Å². The fourth-order valence-electron chi connectivity index (χ4n) is 3.19. The van der Waals surface area contributed by atoms with Crippen LogP contribution >= 0.6 is 23.1 Å². The number of benzene rings is 2. The third-order valence-corrected chi connectivity index (χ3v) is 7.05. The van der Waals surface area contributed by atoms with Crippen molar-refractivity contribution < 1.29 is 4.79 Å². The molecule has 0 fully saturated rings. The van der Waals surface area contributed by atoms with E-state index in [1.54, 1.807) is 34.2 Å². The Hall–Kier alpha value is -2.70. The van der Waals surface area contributed by atoms with Crippen molar-refractivity contribution in [2.24, 2.45) is 0 Å². The van der Waals surface area contributed by atoms with Crippen LogP contribution in [-0.4, -0.2) is 21.6 Å². The van der Waals surface area contributed by atoms with Crippen LogP contribution in [-0.2, 0) is 17.1 Å². The molecule has 0 spiro atoms. The largest absolute Gasteiger partial charge is 0.281 e. The van der Waals surface area contributed by atoms with Crippen molar-refractivity contribution in [2.45, 2.75) is 26.1 Å². The summed E-state index contributed by atoms with van der Waals surface area (Å²) in [5.74, 6) is 1.26. The van der Waals surface area contributed by atoms with Crippen molar-refractivity contribution >= 4 is 44.4 Å². The highest BCUT2D eigenvalue weighted by Gasteiger charge is 2.21. The number of aromatic nitrogens is 2. The summed E-state index contributed by atoms with van der Waals surface area (Å²) in [6.07, 6.45) is 1.76. The maximum Gasteiger partial charge on any atom is 0.239 e. The first-order valence-corrected chi connectivity index (χ1v) is 11.8. The zero-order valence-corrected chi connectivity index (χ0v) is 18.7. The molecule has 30 heavy (non-hydrogen) atoms. The number of anilines is 1. The molecule has 0 N–H and O–H groups in total. The molecular formula is C24H23N3OS2. The first-order valence-electron chi connectivity index (χ1n) is 9.80. The Morgan fingerprint density at radius 2 is 1.77 bits per heavy atom. The van der Waals surface area contributed by atoms with Crippen molar-refractivity contribution in [3.63, 3.8) is 0 Å². The van der Waals surface area contributed by atoms with Gasteiger partial charge in [0, 0.05) is 11.9 Å². The van der Waals surface area contributed by atoms with E-state index in [4.69, 9.17) is 4.98 Å². The van der Waals surface area contributed by atoms with Gasteiger partial charge in [-0.2, -0.15) is 0 Å². The molecule has 152 valence electrons. The molecule has 6 heteroatoms. The van der Waals surface area contributed by atoms with Crippen molar-refractivity contribution in [1.29, 1.82) is 0 Å². The van der Waals surface area contributed by atoms with Gasteiger partial charge >= 0.3 is 0 Å². The molecule has 4 aromatic rings. The molecule has 1 amide bonds. The molecular weight excluding hydrogens is 410 g/mol. The van der Waals surface area contributed by atoms with Crippen molar-refractivity contribution in [3.8, 4) is 0 Å². The molecule has 2 heterocycles. The topological polar surface area (TPSA) is 46.1 Å². The third kappa shape index (κ3) is 4.71. The van der Waals surface area contributed by atoms with Gasteiger partial charge in [0.1, 0.15) is 0 Å². The monoisotopic (exact) mass is 433 g/mol. The zero-order valence-electron chi connectivity index (χ0n) is 17.0. The van der Waals surface area contributed by atoms with E-state index in [1.807, 2.05) is 36.4 Å². The van der Waals surface area contributed by atoms with Crippen molar-refractivity contribution in [3.05, 3.63) is 89.2 Å². The Kier molecular flexibility index (Phi) is 6.45. The molecule has 0 saturated heterocycles. The van der Waals surface area contributed by atoms with E-state index in [1.165, 1.54) is 11.1 Å². The first-order chi connectivity index (χ1) is 14.6. The molecule has 0 aliphatic heterocycles. The second kappa shape index (κ2) is 9.41. The number of amides is 1. The highest BCUT2D eigenvalue weighted by molar-refractivity contribution is 7.99. The SMILES string of the molecule is Cc1ccc(C)c2sc(N(Cc3ccccn3)C(=O)CSCc3ccccc3)nc12. The van der Waals surface area contributed by atoms with Crippen LogP contribution in [0, 0.1) is 13.8 Å². The van der Waals surface area contributed by atoms with Crippen molar-refractivity contribution in [2.75, 3.05) is 10.7 Å². The molecule has 0 radical (unpaired) electrons. The first kappa shape index (κ1) is 20.6. The number of thiazole rings is 1. The minimum atomic E-state index is 0.0518. The van der Waals surface area contributed by atoms with Crippen LogP contribution in [0.4, 0.5) is 5.13 Å². The van der Waals surface area contributed by atoms with Crippen LogP contribution in [0.5, 0.6) is 0 Å². The minimum Gasteiger partial charge on any atom is -0.281 e. The van der Waals surface area contributed by atoms with Crippen LogP contribution in [0.3, 0.4) is 0 Å². The number of hydrogen-bond acceptors (Lipinski definition) is 5. The van der Waals surface area contributed by atoms with E-state index in [9.17, 15) is 4.79 Å². The summed E-state index contributed by atoms with van der Waals surface area (Å²) in [5, 5.41) is 0.735. The molecule has 0 unspecified atom stereocenters. The average molecular weight is 434 g/mol. The van der Waals surface area contributed by atoms with E-state index >= 15 is 0 Å². The molecule has 2 aromatic heterocycles. The molecule has 0 saturated carbocycles. The molecule has 0 atom stereocenters. The molecule has 0 aliphatic rings. The maximum atomic E-state index is 13.2. The van der Waals surface area contributed by atoms with Gasteiger partial charge in [0.2, 0.25) is 5.91 Å². The summed E-state index contributed by atoms with van der Waals surface area (Å²) in [6, 6.07) is 20.2. The van der Waals surface area contributed by atoms with Gasteiger partial charge in [-0.25, -0.2) is 4.98 Å². The molecule has 2 aromatic carbocycles. The molecule has 0 aliphatic carbocycles. The molecule has 4 rings (SSSR count). The maximum absolute atomic E-state index is 13.2. The highest BCUT2D eigenvalue weighted by atomic mass is 32.2. The number of thioether (sulfide) groups is 1. The number of carbonyl (C=O) groups excluding carboxylic acids is 1. The lowest BCUT2D eigenvalue weighted by atomic mass is 10.1. The summed E-state index contributed by atoms with van der Waals surface area (Å²) in [4.78, 5) is 24.3. The lowest BCUT2D eigenvalue weighted by molar-refractivity contribution is -0.116. The predicted molar refractivity (Wildman–Crippen MR) is 127 cm³/mol. The van der Waals surface area contributed by atoms with E-state index in [2.05, 4.69) is 43.1 Å². The lowest BCUT2D eigenvalue weighted by Crippen LogP contribution is -2.32. The summed E-state index contributed by atoms with van der Waals surface area (Å²) >= 11 is 3.21. The average Bonchev–Trinajstić information content (AvgIpc) is 3.23.